The number of carbonyl (C=O) groups is 1. The minimum Gasteiger partial charge on any atom is -0.368 e. The lowest BCUT2D eigenvalue weighted by Crippen LogP contribution is -2.57. The Morgan fingerprint density at radius 1 is 1.33 bits per heavy atom. The van der Waals surface area contributed by atoms with Gasteiger partial charge in [-0.3, -0.25) is 9.69 Å². The van der Waals surface area contributed by atoms with Crippen LogP contribution in [0.3, 0.4) is 0 Å². The summed E-state index contributed by atoms with van der Waals surface area (Å²) in [5.74, 6) is 0.402. The topological polar surface area (TPSA) is 58.4 Å². The fourth-order valence-electron chi connectivity index (χ4n) is 3.70. The van der Waals surface area contributed by atoms with Crippen molar-refractivity contribution in [3.05, 3.63) is 0 Å². The van der Waals surface area contributed by atoms with Crippen LogP contribution in [0.5, 0.6) is 0 Å². The van der Waals surface area contributed by atoms with Crippen molar-refractivity contribution in [3.63, 3.8) is 0 Å². The number of likely N-dealkylation sites (N-methyl/N-ethyl adjacent to an activating group) is 1. The maximum atomic E-state index is 11.9. The second kappa shape index (κ2) is 8.14. The number of nitrogens with zero attached hydrogens (tertiary/aromatic N) is 1. The molecule has 0 aromatic heterocycles. The molecule has 1 aliphatic carbocycles. The minimum absolute atomic E-state index is 0.243. The van der Waals surface area contributed by atoms with Crippen molar-refractivity contribution in [1.82, 2.24) is 10.2 Å². The average molecular weight is 297 g/mol. The second-order valence-corrected chi connectivity index (χ2v) is 7.31. The maximum absolute atomic E-state index is 11.9. The highest BCUT2D eigenvalue weighted by Crippen LogP contribution is 2.28. The monoisotopic (exact) mass is 297 g/mol. The van der Waals surface area contributed by atoms with Gasteiger partial charge in [0.1, 0.15) is 0 Å². The molecule has 1 aliphatic rings. The third-order valence-electron chi connectivity index (χ3n) is 4.75. The van der Waals surface area contributed by atoms with E-state index >= 15 is 0 Å². The molecule has 1 amide bonds. The third-order valence-corrected chi connectivity index (χ3v) is 4.75. The van der Waals surface area contributed by atoms with Gasteiger partial charge in [0, 0.05) is 18.6 Å². The summed E-state index contributed by atoms with van der Waals surface area (Å²) in [6, 6.07) is 1.05. The van der Waals surface area contributed by atoms with Crippen LogP contribution >= 0.6 is 0 Å². The van der Waals surface area contributed by atoms with E-state index in [4.69, 9.17) is 5.73 Å². The summed E-state index contributed by atoms with van der Waals surface area (Å²) in [6.45, 7) is 12.6. The average Bonchev–Trinajstić information content (AvgIpc) is 2.89. The number of nitrogens with one attached hydrogen (secondary N) is 1. The summed E-state index contributed by atoms with van der Waals surface area (Å²) < 4.78 is 0. The van der Waals surface area contributed by atoms with E-state index in [0.717, 1.165) is 19.5 Å². The van der Waals surface area contributed by atoms with Crippen LogP contribution in [0.1, 0.15) is 66.7 Å². The molecule has 0 radical (unpaired) electrons. The van der Waals surface area contributed by atoms with E-state index < -0.39 is 5.54 Å². The molecule has 1 saturated carbocycles. The molecule has 0 aromatic carbocycles. The zero-order chi connectivity index (χ0) is 16.0. The second-order valence-electron chi connectivity index (χ2n) is 7.31. The van der Waals surface area contributed by atoms with Gasteiger partial charge in [0.25, 0.3) is 0 Å². The molecule has 4 heteroatoms. The molecule has 3 N–H and O–H groups in total. The van der Waals surface area contributed by atoms with Crippen LogP contribution in [0.2, 0.25) is 0 Å². The molecule has 0 saturated heterocycles. The lowest BCUT2D eigenvalue weighted by molar-refractivity contribution is -0.124. The molecule has 124 valence electrons. The Balaban J connectivity index is 2.78. The van der Waals surface area contributed by atoms with Crippen LogP contribution in [-0.4, -0.2) is 41.5 Å². The van der Waals surface area contributed by atoms with Crippen LogP contribution in [0.25, 0.3) is 0 Å². The van der Waals surface area contributed by atoms with E-state index in [0.29, 0.717) is 18.0 Å². The van der Waals surface area contributed by atoms with Crippen molar-refractivity contribution in [2.45, 2.75) is 84.3 Å². The summed E-state index contributed by atoms with van der Waals surface area (Å²) >= 11 is 0. The smallest absolute Gasteiger partial charge is 0.237 e. The normalized spacial score (nSPS) is 20.9. The van der Waals surface area contributed by atoms with Crippen molar-refractivity contribution in [2.75, 3.05) is 13.1 Å². The van der Waals surface area contributed by atoms with Gasteiger partial charge in [0.05, 0.1) is 5.54 Å². The Morgan fingerprint density at radius 3 is 2.33 bits per heavy atom. The lowest BCUT2D eigenvalue weighted by Gasteiger charge is -2.40. The number of amides is 1. The molecular formula is C17H35N3O. The van der Waals surface area contributed by atoms with Gasteiger partial charge in [-0.1, -0.05) is 33.6 Å². The Labute approximate surface area is 130 Å². The van der Waals surface area contributed by atoms with Crippen LogP contribution < -0.4 is 11.1 Å². The molecular weight excluding hydrogens is 262 g/mol. The molecule has 4 nitrogen and oxygen atoms in total. The number of nitrogens with two attached hydrogens (primary N) is 1. The fraction of sp³-hybridized carbons (Fsp3) is 0.941. The number of hydrogen-bond acceptors (Lipinski definition) is 3. The van der Waals surface area contributed by atoms with Gasteiger partial charge in [-0.2, -0.15) is 0 Å². The highest BCUT2D eigenvalue weighted by molar-refractivity contribution is 5.84. The van der Waals surface area contributed by atoms with Gasteiger partial charge in [0.15, 0.2) is 0 Å². The summed E-state index contributed by atoms with van der Waals surface area (Å²) in [4.78, 5) is 14.5. The van der Waals surface area contributed by atoms with Gasteiger partial charge in [0.2, 0.25) is 5.91 Å². The van der Waals surface area contributed by atoms with Crippen LogP contribution in [0.4, 0.5) is 0 Å². The van der Waals surface area contributed by atoms with Gasteiger partial charge < -0.3 is 11.1 Å². The first kappa shape index (κ1) is 18.4. The number of primary amides is 1. The highest BCUT2D eigenvalue weighted by atomic mass is 16.1. The molecule has 0 aromatic rings. The molecule has 2 atom stereocenters. The van der Waals surface area contributed by atoms with Gasteiger partial charge in [-0.05, 0) is 45.6 Å². The largest absolute Gasteiger partial charge is 0.368 e. The summed E-state index contributed by atoms with van der Waals surface area (Å²) in [5.41, 5.74) is 5.03. The third kappa shape index (κ3) is 5.26. The van der Waals surface area contributed by atoms with Crippen LogP contribution in [-0.2, 0) is 4.79 Å². The molecule has 1 rings (SSSR count). The molecule has 0 heterocycles. The molecule has 0 spiro atoms. The Morgan fingerprint density at radius 2 is 1.90 bits per heavy atom. The Kier molecular flexibility index (Phi) is 7.14. The van der Waals surface area contributed by atoms with E-state index in [-0.39, 0.29) is 5.91 Å². The van der Waals surface area contributed by atoms with E-state index in [1.54, 1.807) is 0 Å². The van der Waals surface area contributed by atoms with Gasteiger partial charge in [-0.25, -0.2) is 0 Å². The van der Waals surface area contributed by atoms with E-state index in [2.05, 4.69) is 31.0 Å². The fourth-order valence-corrected chi connectivity index (χ4v) is 3.70. The van der Waals surface area contributed by atoms with E-state index in [9.17, 15) is 4.79 Å². The van der Waals surface area contributed by atoms with Crippen molar-refractivity contribution >= 4 is 5.91 Å². The van der Waals surface area contributed by atoms with Crippen molar-refractivity contribution in [3.8, 4) is 0 Å². The summed E-state index contributed by atoms with van der Waals surface area (Å²) in [6.07, 6.45) is 6.05. The van der Waals surface area contributed by atoms with Gasteiger partial charge in [-0.15, -0.1) is 0 Å². The maximum Gasteiger partial charge on any atom is 0.237 e. The number of rotatable bonds is 9. The summed E-state index contributed by atoms with van der Waals surface area (Å²) in [5, 5.41) is 3.29. The SMILES string of the molecule is CCNC(C)(CC(C)N(CC(C)C)C1CCCC1)C(N)=O. The molecule has 0 bridgehead atoms. The van der Waals surface area contributed by atoms with Gasteiger partial charge >= 0.3 is 0 Å². The minimum atomic E-state index is -0.609. The first-order valence-electron chi connectivity index (χ1n) is 8.60. The summed E-state index contributed by atoms with van der Waals surface area (Å²) in [7, 11) is 0. The standard InChI is InChI=1S/C17H35N3O/c1-6-19-17(5,16(18)21)11-14(4)20(12-13(2)3)15-9-7-8-10-15/h13-15,19H,6-12H2,1-5H3,(H2,18,21). The van der Waals surface area contributed by atoms with Crippen molar-refractivity contribution < 1.29 is 4.79 Å². The first-order valence-corrected chi connectivity index (χ1v) is 8.60. The molecule has 0 aliphatic heterocycles. The lowest BCUT2D eigenvalue weighted by atomic mass is 9.90. The number of hydrogen-bond donors (Lipinski definition) is 2. The van der Waals surface area contributed by atoms with Crippen molar-refractivity contribution in [2.24, 2.45) is 11.7 Å². The number of carbonyl (C=O) groups excluding carboxylic acids is 1. The van der Waals surface area contributed by atoms with Crippen molar-refractivity contribution in [1.29, 1.82) is 0 Å². The Hall–Kier alpha value is -0.610. The van der Waals surface area contributed by atoms with Crippen LogP contribution in [0.15, 0.2) is 0 Å². The zero-order valence-electron chi connectivity index (χ0n) is 14.6. The zero-order valence-corrected chi connectivity index (χ0v) is 14.6. The quantitative estimate of drug-likeness (QED) is 0.687. The molecule has 2 unspecified atom stereocenters. The predicted octanol–water partition coefficient (Wildman–Crippen LogP) is 2.52. The molecule has 1 fully saturated rings. The van der Waals surface area contributed by atoms with Crippen LogP contribution in [0, 0.1) is 5.92 Å². The Bertz CT molecular complexity index is 326. The van der Waals surface area contributed by atoms with E-state index in [1.165, 1.54) is 25.7 Å². The van der Waals surface area contributed by atoms with E-state index in [1.807, 2.05) is 13.8 Å². The highest BCUT2D eigenvalue weighted by Gasteiger charge is 2.35. The molecule has 21 heavy (non-hydrogen) atoms. The first-order chi connectivity index (χ1) is 9.80. The predicted molar refractivity (Wildman–Crippen MR) is 89.2 cm³/mol.